The summed E-state index contributed by atoms with van der Waals surface area (Å²) in [5, 5.41) is 20.3. The van der Waals surface area contributed by atoms with Crippen molar-refractivity contribution in [3.63, 3.8) is 0 Å². The third kappa shape index (κ3) is 2.55. The smallest absolute Gasteiger partial charge is 0.336 e. The van der Waals surface area contributed by atoms with E-state index in [1.807, 2.05) is 6.92 Å². The molecule has 0 spiro atoms. The summed E-state index contributed by atoms with van der Waals surface area (Å²) in [6.45, 7) is 3.80. The Balaban J connectivity index is 1.97. The second-order valence-corrected chi connectivity index (χ2v) is 5.73. The summed E-state index contributed by atoms with van der Waals surface area (Å²) >= 11 is 0. The minimum absolute atomic E-state index is 0.0712. The monoisotopic (exact) mass is 275 g/mol. The summed E-state index contributed by atoms with van der Waals surface area (Å²) in [5.41, 5.74) is 0.157. The average molecular weight is 275 g/mol. The molecule has 0 saturated carbocycles. The number of fused-ring (bicyclic) bond motifs is 1. The van der Waals surface area contributed by atoms with Gasteiger partial charge in [-0.25, -0.2) is 4.79 Å². The van der Waals surface area contributed by atoms with E-state index in [1.165, 1.54) is 12.1 Å². The number of aromatic hydroxyl groups is 1. The van der Waals surface area contributed by atoms with Crippen LogP contribution in [0.15, 0.2) is 33.5 Å². The molecule has 5 heteroatoms. The average Bonchev–Trinajstić information content (AvgIpc) is 2.67. The summed E-state index contributed by atoms with van der Waals surface area (Å²) < 4.78 is 5.11. The normalized spacial score (nSPS) is 23.5. The summed E-state index contributed by atoms with van der Waals surface area (Å²) in [4.78, 5) is 13.7. The second-order valence-electron chi connectivity index (χ2n) is 5.73. The molecule has 1 unspecified atom stereocenters. The Morgan fingerprint density at radius 2 is 2.20 bits per heavy atom. The van der Waals surface area contributed by atoms with Crippen molar-refractivity contribution in [3.05, 3.63) is 40.2 Å². The molecule has 106 valence electrons. The van der Waals surface area contributed by atoms with Crippen LogP contribution in [0.1, 0.15) is 18.9 Å². The number of phenols is 1. The van der Waals surface area contributed by atoms with Crippen LogP contribution in [0.25, 0.3) is 11.0 Å². The molecule has 1 aromatic carbocycles. The van der Waals surface area contributed by atoms with Gasteiger partial charge in [0.15, 0.2) is 0 Å². The van der Waals surface area contributed by atoms with Crippen LogP contribution >= 0.6 is 0 Å². The summed E-state index contributed by atoms with van der Waals surface area (Å²) in [6.07, 6.45) is 0.729. The quantitative estimate of drug-likeness (QED) is 0.812. The van der Waals surface area contributed by atoms with E-state index in [4.69, 9.17) is 4.42 Å². The van der Waals surface area contributed by atoms with Crippen molar-refractivity contribution in [1.29, 1.82) is 0 Å². The topological polar surface area (TPSA) is 73.9 Å². The van der Waals surface area contributed by atoms with Crippen molar-refractivity contribution in [1.82, 2.24) is 4.90 Å². The van der Waals surface area contributed by atoms with Gasteiger partial charge < -0.3 is 14.6 Å². The van der Waals surface area contributed by atoms with E-state index in [0.29, 0.717) is 18.7 Å². The molecule has 0 radical (unpaired) electrons. The minimum Gasteiger partial charge on any atom is -0.508 e. The van der Waals surface area contributed by atoms with Crippen LogP contribution in [0.3, 0.4) is 0 Å². The van der Waals surface area contributed by atoms with Crippen molar-refractivity contribution in [2.75, 3.05) is 13.1 Å². The predicted molar refractivity (Wildman–Crippen MR) is 74.7 cm³/mol. The van der Waals surface area contributed by atoms with E-state index < -0.39 is 11.2 Å². The number of phenolic OH excluding ortho intramolecular Hbond substituents is 1. The fourth-order valence-electron chi connectivity index (χ4n) is 2.76. The number of nitrogens with zero attached hydrogens (tertiary/aromatic N) is 1. The van der Waals surface area contributed by atoms with Gasteiger partial charge in [0.25, 0.3) is 0 Å². The van der Waals surface area contributed by atoms with Crippen LogP contribution in [-0.4, -0.2) is 33.8 Å². The first-order chi connectivity index (χ1) is 9.43. The third-order valence-electron chi connectivity index (χ3n) is 3.74. The molecule has 1 aliphatic rings. The number of hydrogen-bond acceptors (Lipinski definition) is 5. The van der Waals surface area contributed by atoms with Gasteiger partial charge in [-0.3, -0.25) is 4.90 Å². The molecule has 5 nitrogen and oxygen atoms in total. The van der Waals surface area contributed by atoms with E-state index in [0.717, 1.165) is 23.9 Å². The van der Waals surface area contributed by atoms with E-state index >= 15 is 0 Å². The molecular formula is C15H17NO4. The molecular weight excluding hydrogens is 258 g/mol. The van der Waals surface area contributed by atoms with Gasteiger partial charge in [0.1, 0.15) is 11.3 Å². The molecule has 20 heavy (non-hydrogen) atoms. The lowest BCUT2D eigenvalue weighted by atomic mass is 10.1. The number of likely N-dealkylation sites (tertiary alicyclic amines) is 1. The molecule has 1 aliphatic heterocycles. The Morgan fingerprint density at radius 1 is 1.40 bits per heavy atom. The highest BCUT2D eigenvalue weighted by Gasteiger charge is 2.31. The van der Waals surface area contributed by atoms with Crippen molar-refractivity contribution in [3.8, 4) is 5.75 Å². The molecule has 1 fully saturated rings. The van der Waals surface area contributed by atoms with Gasteiger partial charge in [-0.15, -0.1) is 0 Å². The molecule has 0 aliphatic carbocycles. The highest BCUT2D eigenvalue weighted by Crippen LogP contribution is 2.26. The highest BCUT2D eigenvalue weighted by atomic mass is 16.4. The number of hydrogen-bond donors (Lipinski definition) is 2. The van der Waals surface area contributed by atoms with Crippen LogP contribution in [0.4, 0.5) is 0 Å². The molecule has 1 atom stereocenters. The molecule has 2 heterocycles. The van der Waals surface area contributed by atoms with Gasteiger partial charge in [-0.05, 0) is 31.0 Å². The molecule has 2 N–H and O–H groups in total. The van der Waals surface area contributed by atoms with E-state index in [1.54, 1.807) is 12.1 Å². The third-order valence-corrected chi connectivity index (χ3v) is 3.74. The summed E-state index contributed by atoms with van der Waals surface area (Å²) in [7, 11) is 0. The Morgan fingerprint density at radius 3 is 2.90 bits per heavy atom. The Hall–Kier alpha value is -1.85. The van der Waals surface area contributed by atoms with Crippen molar-refractivity contribution >= 4 is 11.0 Å². The number of β-amino-alcohol motifs (C(OH)–C–C–N with tert-alkyl or cyclic N) is 1. The summed E-state index contributed by atoms with van der Waals surface area (Å²) in [6, 6.07) is 6.25. The minimum atomic E-state index is -0.659. The zero-order chi connectivity index (χ0) is 14.3. The first-order valence-corrected chi connectivity index (χ1v) is 6.63. The Bertz CT molecular complexity index is 705. The van der Waals surface area contributed by atoms with Gasteiger partial charge in [0.05, 0.1) is 5.60 Å². The van der Waals surface area contributed by atoms with Crippen LogP contribution in [0.2, 0.25) is 0 Å². The molecule has 1 aromatic heterocycles. The SMILES string of the molecule is CC1(O)CCN(Cc2cc(=O)oc3cc(O)ccc23)C1. The van der Waals surface area contributed by atoms with E-state index in [-0.39, 0.29) is 5.75 Å². The maximum absolute atomic E-state index is 11.6. The van der Waals surface area contributed by atoms with Gasteiger partial charge in [0, 0.05) is 37.2 Å². The van der Waals surface area contributed by atoms with Crippen LogP contribution in [0.5, 0.6) is 5.75 Å². The van der Waals surface area contributed by atoms with Crippen LogP contribution < -0.4 is 5.63 Å². The Kier molecular flexibility index (Phi) is 3.03. The predicted octanol–water partition coefficient (Wildman–Crippen LogP) is 1.46. The Labute approximate surface area is 116 Å². The lowest BCUT2D eigenvalue weighted by Gasteiger charge is -2.19. The first kappa shape index (κ1) is 13.1. The molecule has 3 rings (SSSR count). The first-order valence-electron chi connectivity index (χ1n) is 6.63. The number of rotatable bonds is 2. The van der Waals surface area contributed by atoms with Crippen LogP contribution in [0, 0.1) is 0 Å². The van der Waals surface area contributed by atoms with E-state index in [9.17, 15) is 15.0 Å². The van der Waals surface area contributed by atoms with Crippen molar-refractivity contribution in [2.24, 2.45) is 0 Å². The van der Waals surface area contributed by atoms with Gasteiger partial charge in [-0.2, -0.15) is 0 Å². The second kappa shape index (κ2) is 4.61. The van der Waals surface area contributed by atoms with E-state index in [2.05, 4.69) is 4.90 Å². The zero-order valence-corrected chi connectivity index (χ0v) is 11.3. The van der Waals surface area contributed by atoms with Crippen molar-refractivity contribution in [2.45, 2.75) is 25.5 Å². The maximum Gasteiger partial charge on any atom is 0.336 e. The standard InChI is InChI=1S/C15H17NO4/c1-15(19)4-5-16(9-15)8-10-6-14(18)20-13-7-11(17)2-3-12(10)13/h2-3,6-7,17,19H,4-5,8-9H2,1H3. The van der Waals surface area contributed by atoms with Gasteiger partial charge in [-0.1, -0.05) is 0 Å². The fourth-order valence-corrected chi connectivity index (χ4v) is 2.76. The molecule has 1 saturated heterocycles. The lowest BCUT2D eigenvalue weighted by Crippen LogP contribution is -2.29. The maximum atomic E-state index is 11.6. The van der Waals surface area contributed by atoms with Crippen molar-refractivity contribution < 1.29 is 14.6 Å². The lowest BCUT2D eigenvalue weighted by molar-refractivity contribution is 0.0679. The molecule has 0 amide bonds. The van der Waals surface area contributed by atoms with Crippen LogP contribution in [-0.2, 0) is 6.54 Å². The molecule has 0 bridgehead atoms. The van der Waals surface area contributed by atoms with Gasteiger partial charge in [0.2, 0.25) is 0 Å². The fraction of sp³-hybridized carbons (Fsp3) is 0.400. The summed E-state index contributed by atoms with van der Waals surface area (Å²) in [5.74, 6) is 0.0712. The highest BCUT2D eigenvalue weighted by molar-refractivity contribution is 5.81. The largest absolute Gasteiger partial charge is 0.508 e. The zero-order valence-electron chi connectivity index (χ0n) is 11.3. The number of aliphatic hydroxyl groups is 1. The molecule has 2 aromatic rings. The van der Waals surface area contributed by atoms with Gasteiger partial charge >= 0.3 is 5.63 Å². The number of benzene rings is 1.